The molecule has 1 heterocycles. The van der Waals surface area contributed by atoms with E-state index in [1.807, 2.05) is 0 Å². The molecule has 1 fully saturated rings. The molecule has 0 amide bonds. The largest absolute Gasteiger partial charge is 0.317 e. The normalized spacial score (nSPS) is 21.9. The molecule has 0 aromatic rings. The van der Waals surface area contributed by atoms with Crippen LogP contribution in [0.1, 0.15) is 40.5 Å². The topological polar surface area (TPSA) is 15.3 Å². The van der Waals surface area contributed by atoms with Gasteiger partial charge in [0, 0.05) is 12.1 Å². The third-order valence-electron chi connectivity index (χ3n) is 3.63. The summed E-state index contributed by atoms with van der Waals surface area (Å²) >= 11 is 0. The van der Waals surface area contributed by atoms with Gasteiger partial charge in [0.15, 0.2) is 0 Å². The van der Waals surface area contributed by atoms with Gasteiger partial charge in [0.2, 0.25) is 0 Å². The number of nitrogens with one attached hydrogen (secondary N) is 1. The lowest BCUT2D eigenvalue weighted by molar-refractivity contribution is 0.0981. The summed E-state index contributed by atoms with van der Waals surface area (Å²) in [5, 5.41) is 3.44. The molecule has 2 nitrogen and oxygen atoms in total. The Balaban J connectivity index is 2.50. The van der Waals surface area contributed by atoms with Gasteiger partial charge in [0.25, 0.3) is 0 Å². The molecule has 0 spiro atoms. The van der Waals surface area contributed by atoms with Crippen LogP contribution < -0.4 is 5.32 Å². The van der Waals surface area contributed by atoms with Gasteiger partial charge in [-0.15, -0.1) is 0 Å². The minimum Gasteiger partial charge on any atom is -0.317 e. The van der Waals surface area contributed by atoms with E-state index >= 15 is 0 Å². The Bertz CT molecular complexity index is 150. The molecule has 0 aromatic heterocycles. The molecule has 1 saturated heterocycles. The molecule has 0 saturated carbocycles. The van der Waals surface area contributed by atoms with E-state index in [2.05, 4.69) is 37.9 Å². The van der Waals surface area contributed by atoms with Crippen molar-refractivity contribution in [1.29, 1.82) is 0 Å². The molecular weight excluding hydrogens is 172 g/mol. The first kappa shape index (κ1) is 12.0. The fourth-order valence-electron chi connectivity index (χ4n) is 2.40. The summed E-state index contributed by atoms with van der Waals surface area (Å²) in [5.74, 6) is 0.768. The van der Waals surface area contributed by atoms with E-state index in [4.69, 9.17) is 0 Å². The monoisotopic (exact) mass is 198 g/mol. The Morgan fingerprint density at radius 1 is 1.21 bits per heavy atom. The molecule has 1 aliphatic rings. The van der Waals surface area contributed by atoms with Crippen LogP contribution in [-0.2, 0) is 0 Å². The van der Waals surface area contributed by atoms with Gasteiger partial charge in [0.05, 0.1) is 0 Å². The summed E-state index contributed by atoms with van der Waals surface area (Å²) in [6.45, 7) is 12.9. The number of hydrogen-bond donors (Lipinski definition) is 1. The average molecular weight is 198 g/mol. The number of rotatable bonds is 4. The van der Waals surface area contributed by atoms with Crippen LogP contribution in [0.25, 0.3) is 0 Å². The second-order valence-corrected chi connectivity index (χ2v) is 4.80. The number of piperidine rings is 1. The van der Waals surface area contributed by atoms with Crippen molar-refractivity contribution in [2.45, 2.75) is 52.6 Å². The van der Waals surface area contributed by atoms with Gasteiger partial charge >= 0.3 is 0 Å². The predicted octanol–water partition coefficient (Wildman–Crippen LogP) is 2.10. The average Bonchev–Trinajstić information content (AvgIpc) is 2.20. The van der Waals surface area contributed by atoms with Gasteiger partial charge in [0.1, 0.15) is 0 Å². The Morgan fingerprint density at radius 3 is 2.21 bits per heavy atom. The van der Waals surface area contributed by atoms with Crippen LogP contribution in [0.15, 0.2) is 0 Å². The van der Waals surface area contributed by atoms with E-state index in [0.29, 0.717) is 0 Å². The zero-order valence-electron chi connectivity index (χ0n) is 10.2. The number of nitrogens with zero attached hydrogens (tertiary/aromatic N) is 1. The Kier molecular flexibility index (Phi) is 4.90. The first-order chi connectivity index (χ1) is 6.66. The van der Waals surface area contributed by atoms with Crippen molar-refractivity contribution in [2.24, 2.45) is 5.92 Å². The second-order valence-electron chi connectivity index (χ2n) is 4.80. The maximum atomic E-state index is 3.44. The standard InChI is InChI=1S/C12H26N2/c1-5-14(11(4)10(2)3)12-6-8-13-9-7-12/h10-13H,5-9H2,1-4H3. The lowest BCUT2D eigenvalue weighted by atomic mass is 9.98. The summed E-state index contributed by atoms with van der Waals surface area (Å²) < 4.78 is 0. The zero-order chi connectivity index (χ0) is 10.6. The molecule has 14 heavy (non-hydrogen) atoms. The third kappa shape index (κ3) is 2.96. The molecule has 1 atom stereocenters. The SMILES string of the molecule is CCN(C1CCNCC1)C(C)C(C)C. The van der Waals surface area contributed by atoms with Crippen molar-refractivity contribution in [3.8, 4) is 0 Å². The zero-order valence-corrected chi connectivity index (χ0v) is 10.2. The molecule has 1 rings (SSSR count). The number of hydrogen-bond acceptors (Lipinski definition) is 2. The van der Waals surface area contributed by atoms with Crippen molar-refractivity contribution in [1.82, 2.24) is 10.2 Å². The summed E-state index contributed by atoms with van der Waals surface area (Å²) in [4.78, 5) is 2.69. The molecule has 0 radical (unpaired) electrons. The predicted molar refractivity (Wildman–Crippen MR) is 62.6 cm³/mol. The van der Waals surface area contributed by atoms with E-state index in [9.17, 15) is 0 Å². The molecule has 2 heteroatoms. The van der Waals surface area contributed by atoms with Crippen molar-refractivity contribution in [3.63, 3.8) is 0 Å². The second kappa shape index (κ2) is 5.72. The summed E-state index contributed by atoms with van der Waals surface area (Å²) in [7, 11) is 0. The Hall–Kier alpha value is -0.0800. The van der Waals surface area contributed by atoms with Gasteiger partial charge < -0.3 is 5.32 Å². The molecule has 1 aliphatic heterocycles. The van der Waals surface area contributed by atoms with Gasteiger partial charge in [-0.2, -0.15) is 0 Å². The molecule has 1 unspecified atom stereocenters. The summed E-state index contributed by atoms with van der Waals surface area (Å²) in [5.41, 5.74) is 0. The van der Waals surface area contributed by atoms with Crippen molar-refractivity contribution >= 4 is 0 Å². The quantitative estimate of drug-likeness (QED) is 0.744. The molecule has 0 aromatic carbocycles. The fourth-order valence-corrected chi connectivity index (χ4v) is 2.40. The molecule has 84 valence electrons. The molecular formula is C12H26N2. The van der Waals surface area contributed by atoms with Crippen molar-refractivity contribution in [3.05, 3.63) is 0 Å². The minimum absolute atomic E-state index is 0.725. The van der Waals surface area contributed by atoms with Crippen molar-refractivity contribution < 1.29 is 0 Å². The van der Waals surface area contributed by atoms with E-state index in [-0.39, 0.29) is 0 Å². The highest BCUT2D eigenvalue weighted by molar-refractivity contribution is 4.81. The van der Waals surface area contributed by atoms with Crippen molar-refractivity contribution in [2.75, 3.05) is 19.6 Å². The van der Waals surface area contributed by atoms with Crippen LogP contribution in [0.2, 0.25) is 0 Å². The van der Waals surface area contributed by atoms with Crippen LogP contribution in [0.4, 0.5) is 0 Å². The highest BCUT2D eigenvalue weighted by atomic mass is 15.2. The van der Waals surface area contributed by atoms with Gasteiger partial charge in [-0.1, -0.05) is 20.8 Å². The molecule has 1 N–H and O–H groups in total. The van der Waals surface area contributed by atoms with E-state index in [1.165, 1.54) is 32.5 Å². The Morgan fingerprint density at radius 2 is 1.79 bits per heavy atom. The minimum atomic E-state index is 0.725. The van der Waals surface area contributed by atoms with Crippen LogP contribution in [-0.4, -0.2) is 36.6 Å². The van der Waals surface area contributed by atoms with Gasteiger partial charge in [-0.3, -0.25) is 4.90 Å². The summed E-state index contributed by atoms with van der Waals surface area (Å²) in [6, 6.07) is 1.54. The van der Waals surface area contributed by atoms with Crippen LogP contribution in [0.3, 0.4) is 0 Å². The van der Waals surface area contributed by atoms with Gasteiger partial charge in [-0.05, 0) is 45.3 Å². The smallest absolute Gasteiger partial charge is 0.0122 e. The Labute approximate surface area is 89.1 Å². The lowest BCUT2D eigenvalue weighted by Crippen LogP contribution is -2.48. The lowest BCUT2D eigenvalue weighted by Gasteiger charge is -2.39. The maximum absolute atomic E-state index is 3.44. The van der Waals surface area contributed by atoms with Crippen LogP contribution in [0, 0.1) is 5.92 Å². The first-order valence-corrected chi connectivity index (χ1v) is 6.13. The molecule has 0 aliphatic carbocycles. The van der Waals surface area contributed by atoms with Crippen LogP contribution in [0.5, 0.6) is 0 Å². The highest BCUT2D eigenvalue weighted by Gasteiger charge is 2.24. The third-order valence-corrected chi connectivity index (χ3v) is 3.63. The molecule has 0 bridgehead atoms. The van der Waals surface area contributed by atoms with E-state index in [1.54, 1.807) is 0 Å². The van der Waals surface area contributed by atoms with Gasteiger partial charge in [-0.25, -0.2) is 0 Å². The first-order valence-electron chi connectivity index (χ1n) is 6.13. The van der Waals surface area contributed by atoms with E-state index < -0.39 is 0 Å². The summed E-state index contributed by atoms with van der Waals surface area (Å²) in [6.07, 6.45) is 2.65. The van der Waals surface area contributed by atoms with Crippen LogP contribution >= 0.6 is 0 Å². The highest BCUT2D eigenvalue weighted by Crippen LogP contribution is 2.18. The maximum Gasteiger partial charge on any atom is 0.0122 e. The van der Waals surface area contributed by atoms with E-state index in [0.717, 1.165) is 18.0 Å². The fraction of sp³-hybridized carbons (Fsp3) is 1.00.